The highest BCUT2D eigenvalue weighted by Crippen LogP contribution is 2.22. The molecule has 1 heterocycles. The molecule has 0 spiro atoms. The van der Waals surface area contributed by atoms with Gasteiger partial charge in [0.15, 0.2) is 0 Å². The molecular weight excluding hydrogens is 281 g/mol. The van der Waals surface area contributed by atoms with Crippen molar-refractivity contribution in [1.82, 2.24) is 10.2 Å². The summed E-state index contributed by atoms with van der Waals surface area (Å²) in [6, 6.07) is -0.490. The van der Waals surface area contributed by atoms with Gasteiger partial charge in [0.05, 0.1) is 12.5 Å². The largest absolute Gasteiger partial charge is 0.481 e. The second-order valence-electron chi connectivity index (χ2n) is 4.73. The fourth-order valence-electron chi connectivity index (χ4n) is 1.98. The third-order valence-corrected chi connectivity index (χ3v) is 3.01. The molecule has 6 nitrogen and oxygen atoms in total. The standard InChI is InChI=1S/C11H17F3N2O4/c1-7-4-16(5-8(7)9(17)18)10(19)15-2-3-20-6-11(12,13)14/h7-8H,2-6H2,1H3,(H,15,19)(H,17,18)/t7-,8-/m1/s1. The fraction of sp³-hybridized carbons (Fsp3) is 0.818. The SMILES string of the molecule is C[C@@H]1CN(C(=O)NCCOCC(F)(F)F)C[C@H]1C(=O)O. The monoisotopic (exact) mass is 298 g/mol. The molecule has 1 aliphatic rings. The van der Waals surface area contributed by atoms with Gasteiger partial charge in [-0.3, -0.25) is 4.79 Å². The van der Waals surface area contributed by atoms with Gasteiger partial charge >= 0.3 is 18.2 Å². The first-order valence-electron chi connectivity index (χ1n) is 6.11. The second kappa shape index (κ2) is 6.78. The van der Waals surface area contributed by atoms with Crippen LogP contribution in [0.5, 0.6) is 0 Å². The molecule has 1 fully saturated rings. The average molecular weight is 298 g/mol. The van der Waals surface area contributed by atoms with Crippen molar-refractivity contribution < 1.29 is 32.6 Å². The first kappa shape index (κ1) is 16.5. The maximum atomic E-state index is 11.8. The van der Waals surface area contributed by atoms with E-state index in [0.29, 0.717) is 6.54 Å². The van der Waals surface area contributed by atoms with Crippen LogP contribution < -0.4 is 5.32 Å². The van der Waals surface area contributed by atoms with Gasteiger partial charge in [0.2, 0.25) is 0 Å². The second-order valence-corrected chi connectivity index (χ2v) is 4.73. The van der Waals surface area contributed by atoms with Crippen LogP contribution in [0.25, 0.3) is 0 Å². The number of rotatable bonds is 5. The highest BCUT2D eigenvalue weighted by molar-refractivity contribution is 5.77. The first-order valence-corrected chi connectivity index (χ1v) is 6.11. The molecule has 0 aromatic carbocycles. The molecule has 2 atom stereocenters. The molecule has 20 heavy (non-hydrogen) atoms. The minimum atomic E-state index is -4.39. The molecule has 0 saturated carbocycles. The van der Waals surface area contributed by atoms with E-state index < -0.39 is 30.7 Å². The number of amides is 2. The predicted octanol–water partition coefficient (Wildman–Crippen LogP) is 0.927. The van der Waals surface area contributed by atoms with Crippen molar-refractivity contribution in [3.63, 3.8) is 0 Å². The topological polar surface area (TPSA) is 78.9 Å². The number of aliphatic carboxylic acids is 1. The lowest BCUT2D eigenvalue weighted by molar-refractivity contribution is -0.173. The summed E-state index contributed by atoms with van der Waals surface area (Å²) in [5.41, 5.74) is 0. The van der Waals surface area contributed by atoms with E-state index in [9.17, 15) is 22.8 Å². The third kappa shape index (κ3) is 5.24. The van der Waals surface area contributed by atoms with Crippen LogP contribution in [0.4, 0.5) is 18.0 Å². The zero-order valence-corrected chi connectivity index (χ0v) is 10.9. The van der Waals surface area contributed by atoms with Gasteiger partial charge < -0.3 is 20.1 Å². The average Bonchev–Trinajstić information content (AvgIpc) is 2.69. The number of carboxylic acid groups (broad SMARTS) is 1. The van der Waals surface area contributed by atoms with Gasteiger partial charge in [-0.05, 0) is 5.92 Å². The lowest BCUT2D eigenvalue weighted by Gasteiger charge is -2.17. The lowest BCUT2D eigenvalue weighted by atomic mass is 9.99. The van der Waals surface area contributed by atoms with E-state index in [2.05, 4.69) is 10.1 Å². The van der Waals surface area contributed by atoms with Crippen LogP contribution in [-0.4, -0.2) is 61.0 Å². The molecule has 0 aromatic heterocycles. The molecule has 2 N–H and O–H groups in total. The molecule has 9 heteroatoms. The van der Waals surface area contributed by atoms with E-state index >= 15 is 0 Å². The minimum absolute atomic E-state index is 0.0580. The number of alkyl halides is 3. The number of hydrogen-bond acceptors (Lipinski definition) is 3. The van der Waals surface area contributed by atoms with Gasteiger partial charge in [0, 0.05) is 19.6 Å². The van der Waals surface area contributed by atoms with Crippen molar-refractivity contribution in [3.8, 4) is 0 Å². The highest BCUT2D eigenvalue weighted by Gasteiger charge is 2.36. The number of ether oxygens (including phenoxy) is 1. The van der Waals surface area contributed by atoms with Gasteiger partial charge in [-0.15, -0.1) is 0 Å². The fourth-order valence-corrected chi connectivity index (χ4v) is 1.98. The van der Waals surface area contributed by atoms with Gasteiger partial charge in [-0.1, -0.05) is 6.92 Å². The first-order chi connectivity index (χ1) is 9.20. The van der Waals surface area contributed by atoms with Crippen LogP contribution in [-0.2, 0) is 9.53 Å². The van der Waals surface area contributed by atoms with Gasteiger partial charge in [-0.25, -0.2) is 4.79 Å². The molecule has 0 bridgehead atoms. The summed E-state index contributed by atoms with van der Waals surface area (Å²) in [6.07, 6.45) is -4.39. The quantitative estimate of drug-likeness (QED) is 0.740. The van der Waals surface area contributed by atoms with Crippen molar-refractivity contribution in [1.29, 1.82) is 0 Å². The van der Waals surface area contributed by atoms with E-state index in [-0.39, 0.29) is 25.6 Å². The molecule has 1 aliphatic heterocycles. The molecule has 1 saturated heterocycles. The maximum absolute atomic E-state index is 11.8. The van der Waals surface area contributed by atoms with Crippen molar-refractivity contribution in [2.75, 3.05) is 32.8 Å². The van der Waals surface area contributed by atoms with Gasteiger partial charge in [-0.2, -0.15) is 13.2 Å². The van der Waals surface area contributed by atoms with Crippen molar-refractivity contribution in [3.05, 3.63) is 0 Å². The number of halogens is 3. The number of carboxylic acids is 1. The number of nitrogens with one attached hydrogen (secondary N) is 1. The highest BCUT2D eigenvalue weighted by atomic mass is 19.4. The Balaban J connectivity index is 2.22. The lowest BCUT2D eigenvalue weighted by Crippen LogP contribution is -2.40. The number of urea groups is 1. The predicted molar refractivity (Wildman–Crippen MR) is 62.1 cm³/mol. The number of carbonyl (C=O) groups excluding carboxylic acids is 1. The van der Waals surface area contributed by atoms with Crippen LogP contribution in [0.2, 0.25) is 0 Å². The van der Waals surface area contributed by atoms with Gasteiger partial charge in [0.25, 0.3) is 0 Å². The van der Waals surface area contributed by atoms with Crippen molar-refractivity contribution in [2.45, 2.75) is 13.1 Å². The maximum Gasteiger partial charge on any atom is 0.411 e. The van der Waals surface area contributed by atoms with Crippen molar-refractivity contribution in [2.24, 2.45) is 11.8 Å². The number of carbonyl (C=O) groups is 2. The van der Waals surface area contributed by atoms with Crippen LogP contribution in [0.15, 0.2) is 0 Å². The molecule has 0 aromatic rings. The molecular formula is C11H17F3N2O4. The molecule has 116 valence electrons. The Morgan fingerprint density at radius 2 is 2.05 bits per heavy atom. The van der Waals surface area contributed by atoms with E-state index in [4.69, 9.17) is 5.11 Å². The zero-order valence-electron chi connectivity index (χ0n) is 10.9. The molecule has 2 amide bonds. The van der Waals surface area contributed by atoms with Crippen LogP contribution in [0.3, 0.4) is 0 Å². The summed E-state index contributed by atoms with van der Waals surface area (Å²) in [4.78, 5) is 23.9. The minimum Gasteiger partial charge on any atom is -0.481 e. The van der Waals surface area contributed by atoms with Crippen LogP contribution in [0, 0.1) is 11.8 Å². The Kier molecular flexibility index (Phi) is 5.61. The Hall–Kier alpha value is -1.51. The third-order valence-electron chi connectivity index (χ3n) is 3.01. The number of hydrogen-bond donors (Lipinski definition) is 2. The summed E-state index contributed by atoms with van der Waals surface area (Å²) in [6.45, 7) is 0.482. The summed E-state index contributed by atoms with van der Waals surface area (Å²) in [7, 11) is 0. The van der Waals surface area contributed by atoms with E-state index in [1.54, 1.807) is 6.92 Å². The summed E-state index contributed by atoms with van der Waals surface area (Å²) in [5.74, 6) is -1.72. The normalized spacial score (nSPS) is 22.9. The Morgan fingerprint density at radius 1 is 1.40 bits per heavy atom. The summed E-state index contributed by atoms with van der Waals surface area (Å²) in [5, 5.41) is 11.3. The molecule has 0 aliphatic carbocycles. The molecule has 0 unspecified atom stereocenters. The smallest absolute Gasteiger partial charge is 0.411 e. The Bertz CT molecular complexity index is 362. The van der Waals surface area contributed by atoms with E-state index in [1.807, 2.05) is 0 Å². The molecule has 1 rings (SSSR count). The Morgan fingerprint density at radius 3 is 2.55 bits per heavy atom. The van der Waals surface area contributed by atoms with E-state index in [0.717, 1.165) is 0 Å². The number of nitrogens with zero attached hydrogens (tertiary/aromatic N) is 1. The molecule has 0 radical (unpaired) electrons. The summed E-state index contributed by atoms with van der Waals surface area (Å²) >= 11 is 0. The van der Waals surface area contributed by atoms with Crippen LogP contribution >= 0.6 is 0 Å². The number of likely N-dealkylation sites (tertiary alicyclic amines) is 1. The summed E-state index contributed by atoms with van der Waals surface area (Å²) < 4.78 is 39.7. The van der Waals surface area contributed by atoms with E-state index in [1.165, 1.54) is 4.90 Å². The van der Waals surface area contributed by atoms with Crippen molar-refractivity contribution >= 4 is 12.0 Å². The zero-order chi connectivity index (χ0) is 15.3. The van der Waals surface area contributed by atoms with Crippen LogP contribution in [0.1, 0.15) is 6.92 Å². The van der Waals surface area contributed by atoms with Gasteiger partial charge in [0.1, 0.15) is 6.61 Å². The Labute approximate surface area is 113 Å².